The molecule has 2 unspecified atom stereocenters. The first-order valence-corrected chi connectivity index (χ1v) is 11.7. The molecule has 30 heavy (non-hydrogen) atoms. The lowest BCUT2D eigenvalue weighted by Gasteiger charge is -2.29. The number of hydrogen-bond acceptors (Lipinski definition) is 3. The highest BCUT2D eigenvalue weighted by Gasteiger charge is 2.26. The monoisotopic (exact) mass is 428 g/mol. The van der Waals surface area contributed by atoms with Gasteiger partial charge in [-0.05, 0) is 49.1 Å². The van der Waals surface area contributed by atoms with Gasteiger partial charge in [0.1, 0.15) is 12.4 Å². The van der Waals surface area contributed by atoms with Crippen molar-refractivity contribution < 1.29 is 17.6 Å². The number of rotatable bonds is 5. The van der Waals surface area contributed by atoms with E-state index in [1.165, 1.54) is 24.8 Å². The Labute approximate surface area is 175 Å². The normalized spacial score (nSPS) is 19.7. The van der Waals surface area contributed by atoms with Crippen molar-refractivity contribution in [3.63, 3.8) is 0 Å². The van der Waals surface area contributed by atoms with E-state index in [-0.39, 0.29) is 28.3 Å². The summed E-state index contributed by atoms with van der Waals surface area (Å²) in [5, 5.41) is 3.66. The van der Waals surface area contributed by atoms with Crippen LogP contribution in [0.5, 0.6) is 0 Å². The van der Waals surface area contributed by atoms with Gasteiger partial charge in [0, 0.05) is 23.1 Å². The summed E-state index contributed by atoms with van der Waals surface area (Å²) in [5.41, 5.74) is 0.671. The van der Waals surface area contributed by atoms with E-state index in [1.807, 2.05) is 6.07 Å². The van der Waals surface area contributed by atoms with Gasteiger partial charge in [-0.15, -0.1) is 0 Å². The molecular formula is C23H25FN2O3S. The molecule has 1 amide bonds. The van der Waals surface area contributed by atoms with Crippen LogP contribution in [-0.4, -0.2) is 24.9 Å². The molecule has 3 aromatic rings. The first-order chi connectivity index (χ1) is 14.4. The molecule has 158 valence electrons. The minimum atomic E-state index is -3.85. The number of sulfone groups is 1. The number of para-hydroxylation sites is 1. The summed E-state index contributed by atoms with van der Waals surface area (Å²) in [6.45, 7) is 2.20. The lowest BCUT2D eigenvalue weighted by atomic mass is 9.86. The number of hydrogen-bond donors (Lipinski definition) is 1. The Kier molecular flexibility index (Phi) is 5.64. The zero-order valence-corrected chi connectivity index (χ0v) is 17.7. The Morgan fingerprint density at radius 1 is 1.10 bits per heavy atom. The van der Waals surface area contributed by atoms with Gasteiger partial charge in [-0.1, -0.05) is 38.0 Å². The lowest BCUT2D eigenvalue weighted by molar-refractivity contribution is -0.122. The van der Waals surface area contributed by atoms with Crippen LogP contribution in [-0.2, 0) is 21.2 Å². The average molecular weight is 429 g/mol. The van der Waals surface area contributed by atoms with Gasteiger partial charge >= 0.3 is 0 Å². The molecule has 1 aromatic heterocycles. The summed E-state index contributed by atoms with van der Waals surface area (Å²) >= 11 is 0. The molecule has 1 aliphatic rings. The van der Waals surface area contributed by atoms with Crippen LogP contribution in [0.25, 0.3) is 10.9 Å². The van der Waals surface area contributed by atoms with E-state index in [0.717, 1.165) is 31.4 Å². The molecule has 0 bridgehead atoms. The number of fused-ring (bicyclic) bond motifs is 1. The first kappa shape index (κ1) is 20.6. The number of carbonyl (C=O) groups is 1. The summed E-state index contributed by atoms with van der Waals surface area (Å²) in [6.07, 6.45) is 5.90. The van der Waals surface area contributed by atoms with Gasteiger partial charge in [-0.3, -0.25) is 4.79 Å². The molecule has 0 saturated heterocycles. The predicted molar refractivity (Wildman–Crippen MR) is 113 cm³/mol. The summed E-state index contributed by atoms with van der Waals surface area (Å²) in [4.78, 5) is 12.8. The molecule has 2 atom stereocenters. The number of amides is 1. The SMILES string of the molecule is CC1CCCCC1NC(=O)Cn1cc(S(=O)(=O)c2ccc(F)cc2)c2ccccc21. The van der Waals surface area contributed by atoms with E-state index in [0.29, 0.717) is 16.8 Å². The van der Waals surface area contributed by atoms with Crippen LogP contribution in [0.3, 0.4) is 0 Å². The average Bonchev–Trinajstić information content (AvgIpc) is 3.09. The molecule has 0 aliphatic heterocycles. The summed E-state index contributed by atoms with van der Waals surface area (Å²) < 4.78 is 41.3. The van der Waals surface area contributed by atoms with Crippen LogP contribution in [0, 0.1) is 11.7 Å². The Bertz CT molecular complexity index is 1170. The maximum absolute atomic E-state index is 13.3. The number of carbonyl (C=O) groups excluding carboxylic acids is 1. The summed E-state index contributed by atoms with van der Waals surface area (Å²) in [7, 11) is -3.85. The Balaban J connectivity index is 1.65. The van der Waals surface area contributed by atoms with Gasteiger partial charge < -0.3 is 9.88 Å². The van der Waals surface area contributed by atoms with Gasteiger partial charge in [0.25, 0.3) is 0 Å². The van der Waals surface area contributed by atoms with Crippen LogP contribution in [0.15, 0.2) is 64.5 Å². The molecule has 0 radical (unpaired) electrons. The van der Waals surface area contributed by atoms with E-state index in [9.17, 15) is 17.6 Å². The number of nitrogens with zero attached hydrogens (tertiary/aromatic N) is 1. The Morgan fingerprint density at radius 3 is 2.53 bits per heavy atom. The first-order valence-electron chi connectivity index (χ1n) is 10.2. The molecule has 1 N–H and O–H groups in total. The molecule has 2 aromatic carbocycles. The molecule has 5 nitrogen and oxygen atoms in total. The quantitative estimate of drug-likeness (QED) is 0.616. The van der Waals surface area contributed by atoms with Crippen molar-refractivity contribution in [2.75, 3.05) is 0 Å². The second kappa shape index (κ2) is 8.22. The molecular weight excluding hydrogens is 403 g/mol. The fraction of sp³-hybridized carbons (Fsp3) is 0.348. The van der Waals surface area contributed by atoms with E-state index < -0.39 is 15.7 Å². The maximum Gasteiger partial charge on any atom is 0.240 e. The summed E-state index contributed by atoms with van der Waals surface area (Å²) in [5.74, 6) is -0.177. The highest BCUT2D eigenvalue weighted by atomic mass is 32.2. The van der Waals surface area contributed by atoms with Crippen LogP contribution in [0.2, 0.25) is 0 Å². The van der Waals surface area contributed by atoms with Gasteiger partial charge in [-0.25, -0.2) is 12.8 Å². The Hall–Kier alpha value is -2.67. The highest BCUT2D eigenvalue weighted by molar-refractivity contribution is 7.91. The molecule has 7 heteroatoms. The molecule has 0 spiro atoms. The van der Waals surface area contributed by atoms with Gasteiger partial charge in [0.2, 0.25) is 15.7 Å². The van der Waals surface area contributed by atoms with Gasteiger partial charge in [-0.2, -0.15) is 0 Å². The molecule has 4 rings (SSSR count). The van der Waals surface area contributed by atoms with Crippen molar-refractivity contribution in [3.8, 4) is 0 Å². The van der Waals surface area contributed by atoms with Crippen LogP contribution in [0.1, 0.15) is 32.6 Å². The van der Waals surface area contributed by atoms with E-state index in [1.54, 1.807) is 22.8 Å². The van der Waals surface area contributed by atoms with E-state index in [4.69, 9.17) is 0 Å². The number of aromatic nitrogens is 1. The van der Waals surface area contributed by atoms with Crippen LogP contribution in [0.4, 0.5) is 4.39 Å². The molecule has 1 fully saturated rings. The van der Waals surface area contributed by atoms with Crippen molar-refractivity contribution >= 4 is 26.6 Å². The largest absolute Gasteiger partial charge is 0.352 e. The fourth-order valence-electron chi connectivity index (χ4n) is 4.24. The number of nitrogens with one attached hydrogen (secondary N) is 1. The highest BCUT2D eigenvalue weighted by Crippen LogP contribution is 2.30. The summed E-state index contributed by atoms with van der Waals surface area (Å²) in [6, 6.07) is 12.0. The van der Waals surface area contributed by atoms with Gasteiger partial charge in [0.05, 0.1) is 9.79 Å². The van der Waals surface area contributed by atoms with Crippen molar-refractivity contribution in [3.05, 3.63) is 60.5 Å². The van der Waals surface area contributed by atoms with Crippen molar-refractivity contribution in [1.29, 1.82) is 0 Å². The molecule has 1 heterocycles. The van der Waals surface area contributed by atoms with Crippen molar-refractivity contribution in [2.45, 2.75) is 55.0 Å². The maximum atomic E-state index is 13.3. The zero-order valence-electron chi connectivity index (χ0n) is 16.8. The number of benzene rings is 2. The Morgan fingerprint density at radius 2 is 1.80 bits per heavy atom. The number of halogens is 1. The standard InChI is InChI=1S/C23H25FN2O3S/c1-16-6-2-4-8-20(16)25-23(27)15-26-14-22(19-7-3-5-9-21(19)26)30(28,29)18-12-10-17(24)11-13-18/h3,5,7,9-14,16,20H,2,4,6,8,15H2,1H3,(H,25,27). The smallest absolute Gasteiger partial charge is 0.240 e. The van der Waals surface area contributed by atoms with E-state index in [2.05, 4.69) is 12.2 Å². The van der Waals surface area contributed by atoms with Crippen molar-refractivity contribution in [1.82, 2.24) is 9.88 Å². The van der Waals surface area contributed by atoms with E-state index >= 15 is 0 Å². The topological polar surface area (TPSA) is 68.2 Å². The van der Waals surface area contributed by atoms with Crippen molar-refractivity contribution in [2.24, 2.45) is 5.92 Å². The lowest BCUT2D eigenvalue weighted by Crippen LogP contribution is -2.42. The molecule has 1 aliphatic carbocycles. The predicted octanol–water partition coefficient (Wildman–Crippen LogP) is 4.31. The minimum Gasteiger partial charge on any atom is -0.352 e. The third-order valence-electron chi connectivity index (χ3n) is 5.94. The third kappa shape index (κ3) is 3.99. The zero-order chi connectivity index (χ0) is 21.3. The second-order valence-corrected chi connectivity index (χ2v) is 9.95. The second-order valence-electron chi connectivity index (χ2n) is 8.03. The van der Waals surface area contributed by atoms with Crippen LogP contribution < -0.4 is 5.32 Å². The van der Waals surface area contributed by atoms with Gasteiger partial charge in [0.15, 0.2) is 0 Å². The van der Waals surface area contributed by atoms with Crippen LogP contribution >= 0.6 is 0 Å². The minimum absolute atomic E-state index is 0.0206. The molecule has 1 saturated carbocycles. The third-order valence-corrected chi connectivity index (χ3v) is 7.73. The fourth-order valence-corrected chi connectivity index (χ4v) is 5.71.